The van der Waals surface area contributed by atoms with E-state index in [1.807, 2.05) is 24.3 Å². The van der Waals surface area contributed by atoms with Crippen LogP contribution >= 0.6 is 0 Å². The van der Waals surface area contributed by atoms with Crippen LogP contribution in [0.1, 0.15) is 27.9 Å². The lowest BCUT2D eigenvalue weighted by Crippen LogP contribution is -2.37. The highest BCUT2D eigenvalue weighted by Crippen LogP contribution is 2.26. The zero-order valence-electron chi connectivity index (χ0n) is 17.8. The molecule has 33 heavy (non-hydrogen) atoms. The van der Waals surface area contributed by atoms with Crippen molar-refractivity contribution in [2.75, 3.05) is 13.7 Å². The molecule has 0 aliphatic carbocycles. The highest BCUT2D eigenvalue weighted by atomic mass is 19.1. The van der Waals surface area contributed by atoms with E-state index in [2.05, 4.69) is 5.16 Å². The smallest absolute Gasteiger partial charge is 0.254 e. The molecule has 0 unspecified atom stereocenters. The van der Waals surface area contributed by atoms with E-state index in [0.717, 1.165) is 23.8 Å². The second kappa shape index (κ2) is 9.77. The highest BCUT2D eigenvalue weighted by molar-refractivity contribution is 6.03. The van der Waals surface area contributed by atoms with Gasteiger partial charge in [0.15, 0.2) is 6.10 Å². The van der Waals surface area contributed by atoms with E-state index in [4.69, 9.17) is 9.57 Å². The van der Waals surface area contributed by atoms with Crippen molar-refractivity contribution in [1.82, 2.24) is 4.90 Å². The van der Waals surface area contributed by atoms with Crippen molar-refractivity contribution < 1.29 is 27.5 Å². The third-order valence-electron chi connectivity index (χ3n) is 5.31. The molecule has 0 fully saturated rings. The van der Waals surface area contributed by atoms with Crippen LogP contribution in [0.15, 0.2) is 71.9 Å². The van der Waals surface area contributed by atoms with Crippen molar-refractivity contribution in [3.63, 3.8) is 0 Å². The Morgan fingerprint density at radius 2 is 1.85 bits per heavy atom. The standard InChI is InChI=1S/C25H21F3N2O3/c1-32-24-8-3-2-7-21(24)23-13-20(33-29-23)15-30(14-17-9-10-19(27)12-22(17)28)25(31)16-5-4-6-18(26)11-16/h2-12,20H,13-15H2,1H3/t20-/m0/s1. The molecule has 5 nitrogen and oxygen atoms in total. The number of nitrogens with zero attached hydrogens (tertiary/aromatic N) is 2. The SMILES string of the molecule is COc1ccccc1C1=NO[C@H](CN(Cc2ccc(F)cc2F)C(=O)c2cccc(F)c2)C1. The first-order valence-corrected chi connectivity index (χ1v) is 10.3. The number of oxime groups is 1. The Bertz CT molecular complexity index is 1200. The molecule has 3 aromatic rings. The van der Waals surface area contributed by atoms with E-state index in [0.29, 0.717) is 17.9 Å². The summed E-state index contributed by atoms with van der Waals surface area (Å²) < 4.78 is 46.7. The average molecular weight is 454 g/mol. The van der Waals surface area contributed by atoms with Crippen molar-refractivity contribution in [2.45, 2.75) is 19.1 Å². The summed E-state index contributed by atoms with van der Waals surface area (Å²) in [6, 6.07) is 15.8. The van der Waals surface area contributed by atoms with Crippen molar-refractivity contribution in [3.8, 4) is 5.75 Å². The van der Waals surface area contributed by atoms with E-state index in [1.165, 1.54) is 29.2 Å². The molecule has 0 radical (unpaired) electrons. The van der Waals surface area contributed by atoms with Crippen molar-refractivity contribution >= 4 is 11.6 Å². The van der Waals surface area contributed by atoms with Gasteiger partial charge in [-0.25, -0.2) is 13.2 Å². The van der Waals surface area contributed by atoms with Crippen LogP contribution in [0.5, 0.6) is 5.75 Å². The van der Waals surface area contributed by atoms with E-state index >= 15 is 0 Å². The fraction of sp³-hybridized carbons (Fsp3) is 0.200. The van der Waals surface area contributed by atoms with Gasteiger partial charge < -0.3 is 14.5 Å². The molecule has 1 aliphatic heterocycles. The van der Waals surface area contributed by atoms with Crippen molar-refractivity contribution in [1.29, 1.82) is 0 Å². The summed E-state index contributed by atoms with van der Waals surface area (Å²) in [6.45, 7) is -0.0837. The number of ether oxygens (including phenoxy) is 1. The first kappa shape index (κ1) is 22.4. The highest BCUT2D eigenvalue weighted by Gasteiger charge is 2.29. The van der Waals surface area contributed by atoms with Gasteiger partial charge in [-0.3, -0.25) is 4.79 Å². The molecule has 0 saturated carbocycles. The molecular formula is C25H21F3N2O3. The number of methoxy groups -OCH3 is 1. The Morgan fingerprint density at radius 1 is 1.06 bits per heavy atom. The molecule has 1 atom stereocenters. The molecule has 8 heteroatoms. The van der Waals surface area contributed by atoms with Crippen molar-refractivity contribution in [3.05, 3.63) is 101 Å². The Morgan fingerprint density at radius 3 is 2.61 bits per heavy atom. The Hall–Kier alpha value is -3.81. The Balaban J connectivity index is 1.55. The molecular weight excluding hydrogens is 433 g/mol. The zero-order chi connectivity index (χ0) is 23.4. The third-order valence-corrected chi connectivity index (χ3v) is 5.31. The molecule has 1 aliphatic rings. The largest absolute Gasteiger partial charge is 0.496 e. The van der Waals surface area contributed by atoms with Crippen LogP contribution in [0.2, 0.25) is 0 Å². The predicted octanol–water partition coefficient (Wildman–Crippen LogP) is 4.95. The summed E-state index contributed by atoms with van der Waals surface area (Å²) >= 11 is 0. The number of rotatable bonds is 7. The summed E-state index contributed by atoms with van der Waals surface area (Å²) in [5, 5.41) is 4.15. The van der Waals surface area contributed by atoms with E-state index < -0.39 is 29.5 Å². The van der Waals surface area contributed by atoms with Gasteiger partial charge in [-0.05, 0) is 36.4 Å². The van der Waals surface area contributed by atoms with Gasteiger partial charge in [0.2, 0.25) is 0 Å². The molecule has 0 saturated heterocycles. The maximum absolute atomic E-state index is 14.3. The van der Waals surface area contributed by atoms with Crippen LogP contribution in [0.25, 0.3) is 0 Å². The van der Waals surface area contributed by atoms with Gasteiger partial charge in [0.05, 0.1) is 19.4 Å². The van der Waals surface area contributed by atoms with Crippen LogP contribution in [-0.4, -0.2) is 36.3 Å². The van der Waals surface area contributed by atoms with E-state index in [9.17, 15) is 18.0 Å². The molecule has 1 heterocycles. The summed E-state index contributed by atoms with van der Waals surface area (Å²) in [5.41, 5.74) is 1.67. The molecule has 0 spiro atoms. The minimum absolute atomic E-state index is 0.0638. The van der Waals surface area contributed by atoms with Gasteiger partial charge in [0.25, 0.3) is 5.91 Å². The fourth-order valence-electron chi connectivity index (χ4n) is 3.69. The number of amides is 1. The molecule has 3 aromatic carbocycles. The summed E-state index contributed by atoms with van der Waals surface area (Å²) in [4.78, 5) is 20.1. The van der Waals surface area contributed by atoms with Crippen LogP contribution in [0.3, 0.4) is 0 Å². The topological polar surface area (TPSA) is 51.1 Å². The van der Waals surface area contributed by atoms with Gasteiger partial charge >= 0.3 is 0 Å². The molecule has 0 N–H and O–H groups in total. The van der Waals surface area contributed by atoms with Gasteiger partial charge in [-0.1, -0.05) is 29.4 Å². The molecule has 170 valence electrons. The second-order valence-corrected chi connectivity index (χ2v) is 7.60. The molecule has 0 aromatic heterocycles. The molecule has 4 rings (SSSR count). The van der Waals surface area contributed by atoms with Gasteiger partial charge in [0, 0.05) is 35.7 Å². The monoisotopic (exact) mass is 454 g/mol. The minimum atomic E-state index is -0.773. The Labute approximate surface area is 189 Å². The number of hydrogen-bond acceptors (Lipinski definition) is 4. The lowest BCUT2D eigenvalue weighted by atomic mass is 10.0. The van der Waals surface area contributed by atoms with Crippen LogP contribution < -0.4 is 4.74 Å². The predicted molar refractivity (Wildman–Crippen MR) is 117 cm³/mol. The maximum atomic E-state index is 14.3. The lowest BCUT2D eigenvalue weighted by molar-refractivity contribution is 0.0402. The first-order valence-electron chi connectivity index (χ1n) is 10.3. The minimum Gasteiger partial charge on any atom is -0.496 e. The zero-order valence-corrected chi connectivity index (χ0v) is 17.8. The molecule has 0 bridgehead atoms. The van der Waals surface area contributed by atoms with E-state index in [-0.39, 0.29) is 24.2 Å². The number of para-hydroxylation sites is 1. The fourth-order valence-corrected chi connectivity index (χ4v) is 3.69. The second-order valence-electron chi connectivity index (χ2n) is 7.60. The van der Waals surface area contributed by atoms with Gasteiger partial charge in [-0.2, -0.15) is 0 Å². The van der Waals surface area contributed by atoms with E-state index in [1.54, 1.807) is 7.11 Å². The normalized spacial score (nSPS) is 15.0. The van der Waals surface area contributed by atoms with Gasteiger partial charge in [-0.15, -0.1) is 0 Å². The third kappa shape index (κ3) is 5.16. The average Bonchev–Trinajstić information content (AvgIpc) is 3.28. The summed E-state index contributed by atoms with van der Waals surface area (Å²) in [5.74, 6) is -1.92. The van der Waals surface area contributed by atoms with Crippen molar-refractivity contribution in [2.24, 2.45) is 5.16 Å². The first-order chi connectivity index (χ1) is 15.9. The van der Waals surface area contributed by atoms with Gasteiger partial charge in [0.1, 0.15) is 23.2 Å². The Kier molecular flexibility index (Phi) is 6.63. The van der Waals surface area contributed by atoms with Crippen LogP contribution in [0, 0.1) is 17.5 Å². The number of benzene rings is 3. The maximum Gasteiger partial charge on any atom is 0.254 e. The number of carbonyl (C=O) groups excluding carboxylic acids is 1. The van der Waals surface area contributed by atoms with Crippen LogP contribution in [0.4, 0.5) is 13.2 Å². The van der Waals surface area contributed by atoms with Crippen LogP contribution in [-0.2, 0) is 11.4 Å². The number of halogens is 3. The lowest BCUT2D eigenvalue weighted by Gasteiger charge is -2.25. The quantitative estimate of drug-likeness (QED) is 0.508. The number of carbonyl (C=O) groups is 1. The number of hydrogen-bond donors (Lipinski definition) is 0. The summed E-state index contributed by atoms with van der Waals surface area (Å²) in [6.07, 6.45) is -0.120. The molecule has 1 amide bonds. The summed E-state index contributed by atoms with van der Waals surface area (Å²) in [7, 11) is 1.56.